The molecule has 4 rings (SSSR count). The van der Waals surface area contributed by atoms with Crippen LogP contribution in [0.4, 0.5) is 0 Å². The van der Waals surface area contributed by atoms with E-state index >= 15 is 0 Å². The van der Waals surface area contributed by atoms with Gasteiger partial charge in [-0.3, -0.25) is 4.90 Å². The number of aromatic nitrogens is 1. The molecule has 0 saturated heterocycles. The molecular weight excluding hydrogens is 316 g/mol. The summed E-state index contributed by atoms with van der Waals surface area (Å²) in [5.41, 5.74) is 5.28. The SMILES string of the molecule is CN(C)C(c1ccccc1)c1cn(Cc2ccccc2)c2ccccc12. The van der Waals surface area contributed by atoms with Crippen LogP contribution in [0.1, 0.15) is 22.7 Å². The van der Waals surface area contributed by atoms with Gasteiger partial charge in [-0.05, 0) is 36.9 Å². The normalized spacial score (nSPS) is 12.6. The molecule has 1 heterocycles. The molecule has 0 spiro atoms. The van der Waals surface area contributed by atoms with Crippen LogP contribution in [0.5, 0.6) is 0 Å². The summed E-state index contributed by atoms with van der Waals surface area (Å²) in [7, 11) is 4.31. The topological polar surface area (TPSA) is 8.17 Å². The van der Waals surface area contributed by atoms with Crippen LogP contribution in [0.15, 0.2) is 91.1 Å². The molecule has 1 aromatic heterocycles. The van der Waals surface area contributed by atoms with Crippen molar-refractivity contribution in [3.8, 4) is 0 Å². The summed E-state index contributed by atoms with van der Waals surface area (Å²) in [6.45, 7) is 0.885. The number of rotatable bonds is 5. The molecule has 26 heavy (non-hydrogen) atoms. The summed E-state index contributed by atoms with van der Waals surface area (Å²) in [5.74, 6) is 0. The average Bonchev–Trinajstić information content (AvgIpc) is 3.02. The van der Waals surface area contributed by atoms with E-state index in [1.165, 1.54) is 27.6 Å². The van der Waals surface area contributed by atoms with E-state index in [2.05, 4.69) is 115 Å². The van der Waals surface area contributed by atoms with E-state index in [9.17, 15) is 0 Å². The van der Waals surface area contributed by atoms with Gasteiger partial charge in [0, 0.05) is 23.6 Å². The van der Waals surface area contributed by atoms with Gasteiger partial charge >= 0.3 is 0 Å². The highest BCUT2D eigenvalue weighted by atomic mass is 15.1. The summed E-state index contributed by atoms with van der Waals surface area (Å²) in [6.07, 6.45) is 2.33. The lowest BCUT2D eigenvalue weighted by atomic mass is 9.97. The molecule has 0 saturated carbocycles. The first kappa shape index (κ1) is 16.6. The Morgan fingerprint density at radius 3 is 2.08 bits per heavy atom. The number of para-hydroxylation sites is 1. The summed E-state index contributed by atoms with van der Waals surface area (Å²) in [5, 5.41) is 1.32. The van der Waals surface area contributed by atoms with Crippen molar-refractivity contribution in [3.63, 3.8) is 0 Å². The molecular formula is C24H24N2. The Morgan fingerprint density at radius 2 is 1.38 bits per heavy atom. The highest BCUT2D eigenvalue weighted by Crippen LogP contribution is 2.34. The average molecular weight is 340 g/mol. The van der Waals surface area contributed by atoms with Gasteiger partial charge < -0.3 is 4.57 Å². The van der Waals surface area contributed by atoms with Crippen molar-refractivity contribution in [3.05, 3.63) is 108 Å². The van der Waals surface area contributed by atoms with Gasteiger partial charge in [-0.2, -0.15) is 0 Å². The first-order chi connectivity index (χ1) is 12.7. The van der Waals surface area contributed by atoms with Gasteiger partial charge in [0.05, 0.1) is 6.04 Å². The Bertz CT molecular complexity index is 985. The van der Waals surface area contributed by atoms with Crippen LogP contribution in [-0.2, 0) is 6.54 Å². The third-order valence-electron chi connectivity index (χ3n) is 4.94. The fourth-order valence-electron chi connectivity index (χ4n) is 3.80. The van der Waals surface area contributed by atoms with Crippen LogP contribution in [0, 0.1) is 0 Å². The van der Waals surface area contributed by atoms with Crippen molar-refractivity contribution in [1.82, 2.24) is 9.47 Å². The molecule has 0 fully saturated rings. The lowest BCUT2D eigenvalue weighted by molar-refractivity contribution is 0.343. The van der Waals surface area contributed by atoms with E-state index in [-0.39, 0.29) is 6.04 Å². The van der Waals surface area contributed by atoms with Crippen LogP contribution in [-0.4, -0.2) is 23.6 Å². The quantitative estimate of drug-likeness (QED) is 0.476. The lowest BCUT2D eigenvalue weighted by Crippen LogP contribution is -2.20. The minimum absolute atomic E-state index is 0.234. The minimum atomic E-state index is 0.234. The van der Waals surface area contributed by atoms with Crippen molar-refractivity contribution in [2.75, 3.05) is 14.1 Å². The first-order valence-electron chi connectivity index (χ1n) is 9.07. The van der Waals surface area contributed by atoms with Gasteiger partial charge in [0.1, 0.15) is 0 Å². The molecule has 0 aliphatic rings. The predicted molar refractivity (Wildman–Crippen MR) is 109 cm³/mol. The van der Waals surface area contributed by atoms with E-state index < -0.39 is 0 Å². The Labute approximate surface area is 155 Å². The molecule has 0 bridgehead atoms. The second kappa shape index (κ2) is 7.19. The number of benzene rings is 3. The zero-order valence-electron chi connectivity index (χ0n) is 15.3. The fraction of sp³-hybridized carbons (Fsp3) is 0.167. The molecule has 2 heteroatoms. The first-order valence-corrected chi connectivity index (χ1v) is 9.07. The second-order valence-corrected chi connectivity index (χ2v) is 6.99. The third-order valence-corrected chi connectivity index (χ3v) is 4.94. The van der Waals surface area contributed by atoms with E-state index in [4.69, 9.17) is 0 Å². The molecule has 2 nitrogen and oxygen atoms in total. The zero-order chi connectivity index (χ0) is 17.9. The van der Waals surface area contributed by atoms with Crippen LogP contribution in [0.25, 0.3) is 10.9 Å². The van der Waals surface area contributed by atoms with Gasteiger partial charge in [-0.15, -0.1) is 0 Å². The largest absolute Gasteiger partial charge is 0.343 e. The van der Waals surface area contributed by atoms with Crippen LogP contribution in [0.2, 0.25) is 0 Å². The van der Waals surface area contributed by atoms with Crippen molar-refractivity contribution >= 4 is 10.9 Å². The number of fused-ring (bicyclic) bond motifs is 1. The lowest BCUT2D eigenvalue weighted by Gasteiger charge is -2.24. The molecule has 4 aromatic rings. The van der Waals surface area contributed by atoms with E-state index in [1.54, 1.807) is 0 Å². The van der Waals surface area contributed by atoms with Gasteiger partial charge in [0.25, 0.3) is 0 Å². The standard InChI is InChI=1S/C24H24N2/c1-25(2)24(20-13-7-4-8-14-20)22-18-26(17-19-11-5-3-6-12-19)23-16-10-9-15-21(22)23/h3-16,18,24H,17H2,1-2H3. The smallest absolute Gasteiger partial charge is 0.0618 e. The van der Waals surface area contributed by atoms with Gasteiger partial charge in [0.15, 0.2) is 0 Å². The van der Waals surface area contributed by atoms with Crippen molar-refractivity contribution in [2.24, 2.45) is 0 Å². The molecule has 0 radical (unpaired) electrons. The maximum atomic E-state index is 2.37. The van der Waals surface area contributed by atoms with Crippen LogP contribution in [0.3, 0.4) is 0 Å². The Morgan fingerprint density at radius 1 is 0.769 bits per heavy atom. The van der Waals surface area contributed by atoms with E-state index in [0.717, 1.165) is 6.54 Å². The molecule has 0 N–H and O–H groups in total. The predicted octanol–water partition coefficient (Wildman–Crippen LogP) is 5.34. The fourth-order valence-corrected chi connectivity index (χ4v) is 3.80. The second-order valence-electron chi connectivity index (χ2n) is 6.99. The Balaban J connectivity index is 1.85. The minimum Gasteiger partial charge on any atom is -0.343 e. The molecule has 1 unspecified atom stereocenters. The molecule has 0 aliphatic heterocycles. The molecule has 0 aliphatic carbocycles. The van der Waals surface area contributed by atoms with Gasteiger partial charge in [0.2, 0.25) is 0 Å². The maximum Gasteiger partial charge on any atom is 0.0618 e. The summed E-state index contributed by atoms with van der Waals surface area (Å²) in [4.78, 5) is 2.30. The van der Waals surface area contributed by atoms with Crippen molar-refractivity contribution in [1.29, 1.82) is 0 Å². The highest BCUT2D eigenvalue weighted by Gasteiger charge is 2.21. The number of hydrogen-bond acceptors (Lipinski definition) is 1. The highest BCUT2D eigenvalue weighted by molar-refractivity contribution is 5.85. The molecule has 3 aromatic carbocycles. The number of nitrogens with zero attached hydrogens (tertiary/aromatic N) is 2. The van der Waals surface area contributed by atoms with Crippen LogP contribution < -0.4 is 0 Å². The summed E-state index contributed by atoms with van der Waals surface area (Å²) in [6, 6.07) is 30.4. The van der Waals surface area contributed by atoms with Gasteiger partial charge in [-0.1, -0.05) is 78.9 Å². The van der Waals surface area contributed by atoms with Crippen LogP contribution >= 0.6 is 0 Å². The molecule has 1 atom stereocenters. The zero-order valence-corrected chi connectivity index (χ0v) is 15.3. The Hall–Kier alpha value is -2.84. The summed E-state index contributed by atoms with van der Waals surface area (Å²) >= 11 is 0. The molecule has 0 amide bonds. The molecule has 130 valence electrons. The third kappa shape index (κ3) is 3.16. The van der Waals surface area contributed by atoms with E-state index in [1.807, 2.05) is 0 Å². The van der Waals surface area contributed by atoms with Gasteiger partial charge in [-0.25, -0.2) is 0 Å². The summed E-state index contributed by atoms with van der Waals surface area (Å²) < 4.78 is 2.37. The monoisotopic (exact) mass is 340 g/mol. The van der Waals surface area contributed by atoms with Crippen molar-refractivity contribution < 1.29 is 0 Å². The maximum absolute atomic E-state index is 2.37. The number of hydrogen-bond donors (Lipinski definition) is 0. The van der Waals surface area contributed by atoms with E-state index in [0.29, 0.717) is 0 Å². The van der Waals surface area contributed by atoms with Crippen molar-refractivity contribution in [2.45, 2.75) is 12.6 Å². The Kier molecular flexibility index (Phi) is 4.59.